The van der Waals surface area contributed by atoms with Gasteiger partial charge in [0.2, 0.25) is 0 Å². The fourth-order valence-corrected chi connectivity index (χ4v) is 2.60. The van der Waals surface area contributed by atoms with E-state index in [2.05, 4.69) is 20.9 Å². The van der Waals surface area contributed by atoms with Crippen LogP contribution in [-0.2, 0) is 0 Å². The molecule has 0 amide bonds. The van der Waals surface area contributed by atoms with Gasteiger partial charge >= 0.3 is 0 Å². The first-order valence-corrected chi connectivity index (χ1v) is 7.18. The predicted octanol–water partition coefficient (Wildman–Crippen LogP) is 4.41. The Morgan fingerprint density at radius 1 is 1.00 bits per heavy atom. The van der Waals surface area contributed by atoms with Crippen molar-refractivity contribution < 1.29 is 4.79 Å². The predicted molar refractivity (Wildman–Crippen MR) is 81.9 cm³/mol. The summed E-state index contributed by atoms with van der Waals surface area (Å²) in [4.78, 5) is 15.6. The Bertz CT molecular complexity index is 731. The van der Waals surface area contributed by atoms with Crippen LogP contribution in [-0.4, -0.2) is 16.1 Å². The molecule has 0 bridgehead atoms. The molecule has 19 heavy (non-hydrogen) atoms. The maximum absolute atomic E-state index is 12.2. The van der Waals surface area contributed by atoms with Gasteiger partial charge in [-0.1, -0.05) is 64.5 Å². The summed E-state index contributed by atoms with van der Waals surface area (Å²) < 4.78 is 0. The molecule has 1 aromatic heterocycles. The second-order valence-electron chi connectivity index (χ2n) is 4.34. The van der Waals surface area contributed by atoms with E-state index in [4.69, 9.17) is 0 Å². The molecule has 0 aliphatic heterocycles. The number of para-hydroxylation sites is 1. The van der Waals surface area contributed by atoms with E-state index in [0.29, 0.717) is 5.33 Å². The zero-order valence-corrected chi connectivity index (χ0v) is 11.8. The Balaban J connectivity index is 2.32. The molecule has 3 heteroatoms. The number of hydrogen-bond donors (Lipinski definition) is 1. The summed E-state index contributed by atoms with van der Waals surface area (Å²) in [6.07, 6.45) is 0. The summed E-state index contributed by atoms with van der Waals surface area (Å²) >= 11 is 3.27. The number of rotatable bonds is 3. The average molecular weight is 314 g/mol. The van der Waals surface area contributed by atoms with Crippen molar-refractivity contribution in [2.24, 2.45) is 0 Å². The molecule has 0 radical (unpaired) electrons. The summed E-state index contributed by atoms with van der Waals surface area (Å²) in [5, 5.41) is 1.31. The van der Waals surface area contributed by atoms with Crippen LogP contribution in [0, 0.1) is 0 Å². The van der Waals surface area contributed by atoms with Gasteiger partial charge in [0.25, 0.3) is 0 Å². The largest absolute Gasteiger partial charge is 0.354 e. The Morgan fingerprint density at radius 2 is 1.68 bits per heavy atom. The quantitative estimate of drug-likeness (QED) is 0.563. The normalized spacial score (nSPS) is 10.8. The van der Waals surface area contributed by atoms with Crippen LogP contribution in [0.15, 0.2) is 54.6 Å². The molecule has 0 spiro atoms. The maximum Gasteiger partial charge on any atom is 0.176 e. The van der Waals surface area contributed by atoms with Crippen molar-refractivity contribution in [2.45, 2.75) is 0 Å². The van der Waals surface area contributed by atoms with Gasteiger partial charge in [0.1, 0.15) is 0 Å². The number of H-pyrrole nitrogens is 1. The summed E-state index contributed by atoms with van der Waals surface area (Å²) in [5.74, 6) is 0.0938. The molecule has 0 aliphatic carbocycles. The number of carbonyl (C=O) groups excluding carboxylic acids is 1. The molecular formula is C16H12BrNO. The standard InChI is InChI=1S/C16H12BrNO/c17-10-14(19)15-12-8-4-5-9-13(12)18-16(15)11-6-2-1-3-7-11/h1-9,18H,10H2. The Labute approximate surface area is 119 Å². The summed E-state index contributed by atoms with van der Waals surface area (Å²) in [7, 11) is 0. The second-order valence-corrected chi connectivity index (χ2v) is 4.90. The van der Waals surface area contributed by atoms with Crippen LogP contribution < -0.4 is 0 Å². The molecule has 0 saturated heterocycles. The third-order valence-corrected chi connectivity index (χ3v) is 3.68. The van der Waals surface area contributed by atoms with Crippen LogP contribution in [0.25, 0.3) is 22.2 Å². The first-order chi connectivity index (χ1) is 9.31. The van der Waals surface area contributed by atoms with Crippen molar-refractivity contribution in [3.05, 3.63) is 60.2 Å². The third-order valence-electron chi connectivity index (χ3n) is 3.17. The minimum Gasteiger partial charge on any atom is -0.354 e. The Morgan fingerprint density at radius 3 is 2.42 bits per heavy atom. The van der Waals surface area contributed by atoms with Gasteiger partial charge in [0.05, 0.1) is 16.6 Å². The first-order valence-electron chi connectivity index (χ1n) is 6.06. The number of fused-ring (bicyclic) bond motifs is 1. The van der Waals surface area contributed by atoms with Gasteiger partial charge in [-0.3, -0.25) is 4.79 Å². The van der Waals surface area contributed by atoms with E-state index in [1.165, 1.54) is 0 Å². The number of carbonyl (C=O) groups is 1. The van der Waals surface area contributed by atoms with E-state index in [-0.39, 0.29) is 5.78 Å². The topological polar surface area (TPSA) is 32.9 Å². The van der Waals surface area contributed by atoms with Gasteiger partial charge in [-0.2, -0.15) is 0 Å². The van der Waals surface area contributed by atoms with E-state index >= 15 is 0 Å². The number of aromatic amines is 1. The van der Waals surface area contributed by atoms with Crippen molar-refractivity contribution in [3.8, 4) is 11.3 Å². The fourth-order valence-electron chi connectivity index (χ4n) is 2.32. The van der Waals surface area contributed by atoms with Gasteiger partial charge in [-0.05, 0) is 11.6 Å². The second kappa shape index (κ2) is 5.02. The van der Waals surface area contributed by atoms with E-state index in [0.717, 1.165) is 27.7 Å². The molecule has 2 nitrogen and oxygen atoms in total. The lowest BCUT2D eigenvalue weighted by Crippen LogP contribution is -2.01. The zero-order valence-electron chi connectivity index (χ0n) is 10.2. The summed E-state index contributed by atoms with van der Waals surface area (Å²) in [6.45, 7) is 0. The third kappa shape index (κ3) is 2.10. The number of ketones is 1. The molecular weight excluding hydrogens is 302 g/mol. The smallest absolute Gasteiger partial charge is 0.176 e. The van der Waals surface area contributed by atoms with Gasteiger partial charge in [-0.15, -0.1) is 0 Å². The number of Topliss-reactive ketones (excluding diaryl/α,β-unsaturated/α-hetero) is 1. The van der Waals surface area contributed by atoms with Crippen molar-refractivity contribution >= 4 is 32.6 Å². The van der Waals surface area contributed by atoms with Crippen molar-refractivity contribution in [1.82, 2.24) is 4.98 Å². The number of halogens is 1. The number of hydrogen-bond acceptors (Lipinski definition) is 1. The van der Waals surface area contributed by atoms with Crippen LogP contribution in [0.2, 0.25) is 0 Å². The highest BCUT2D eigenvalue weighted by Crippen LogP contribution is 2.30. The average Bonchev–Trinajstić information content (AvgIpc) is 2.87. The lowest BCUT2D eigenvalue weighted by Gasteiger charge is -2.02. The van der Waals surface area contributed by atoms with Gasteiger partial charge in [0.15, 0.2) is 5.78 Å². The van der Waals surface area contributed by atoms with E-state index in [9.17, 15) is 4.79 Å². The van der Waals surface area contributed by atoms with Crippen LogP contribution in [0.3, 0.4) is 0 Å². The van der Waals surface area contributed by atoms with Gasteiger partial charge in [-0.25, -0.2) is 0 Å². The van der Waals surface area contributed by atoms with E-state index < -0.39 is 0 Å². The van der Waals surface area contributed by atoms with Crippen molar-refractivity contribution in [1.29, 1.82) is 0 Å². The lowest BCUT2D eigenvalue weighted by molar-refractivity contribution is 0.102. The van der Waals surface area contributed by atoms with E-state index in [1.54, 1.807) is 0 Å². The number of nitrogens with one attached hydrogen (secondary N) is 1. The van der Waals surface area contributed by atoms with Gasteiger partial charge < -0.3 is 4.98 Å². The molecule has 1 N–H and O–H groups in total. The monoisotopic (exact) mass is 313 g/mol. The van der Waals surface area contributed by atoms with Crippen LogP contribution in [0.4, 0.5) is 0 Å². The number of benzene rings is 2. The highest BCUT2D eigenvalue weighted by atomic mass is 79.9. The molecule has 1 heterocycles. The molecule has 2 aromatic carbocycles. The lowest BCUT2D eigenvalue weighted by atomic mass is 10.0. The van der Waals surface area contributed by atoms with Crippen molar-refractivity contribution in [3.63, 3.8) is 0 Å². The molecule has 0 fully saturated rings. The Hall–Kier alpha value is -1.87. The van der Waals surface area contributed by atoms with Crippen LogP contribution in [0.1, 0.15) is 10.4 Å². The highest BCUT2D eigenvalue weighted by molar-refractivity contribution is 9.09. The summed E-state index contributed by atoms with van der Waals surface area (Å²) in [5.41, 5.74) is 3.68. The van der Waals surface area contributed by atoms with Crippen molar-refractivity contribution in [2.75, 3.05) is 5.33 Å². The molecule has 94 valence electrons. The molecule has 0 atom stereocenters. The van der Waals surface area contributed by atoms with E-state index in [1.807, 2.05) is 54.6 Å². The minimum absolute atomic E-state index is 0.0938. The number of aromatic nitrogens is 1. The fraction of sp³-hybridized carbons (Fsp3) is 0.0625. The van der Waals surface area contributed by atoms with Gasteiger partial charge in [0, 0.05) is 10.9 Å². The molecule has 3 aromatic rings. The van der Waals surface area contributed by atoms with Crippen LogP contribution >= 0.6 is 15.9 Å². The Kier molecular flexibility index (Phi) is 3.22. The van der Waals surface area contributed by atoms with Crippen LogP contribution in [0.5, 0.6) is 0 Å². The molecule has 0 aliphatic rings. The molecule has 3 rings (SSSR count). The molecule has 0 saturated carbocycles. The summed E-state index contributed by atoms with van der Waals surface area (Å²) in [6, 6.07) is 17.8. The minimum atomic E-state index is 0.0938. The molecule has 0 unspecified atom stereocenters. The SMILES string of the molecule is O=C(CBr)c1c(-c2ccccc2)[nH]c2ccccc12. The number of alkyl halides is 1. The highest BCUT2D eigenvalue weighted by Gasteiger charge is 2.18. The maximum atomic E-state index is 12.2. The zero-order chi connectivity index (χ0) is 13.2. The first kappa shape index (κ1) is 12.2.